The number of thiophene rings is 1. The van der Waals surface area contributed by atoms with E-state index in [0.717, 1.165) is 23.1 Å². The number of rotatable bonds is 4. The summed E-state index contributed by atoms with van der Waals surface area (Å²) in [7, 11) is 1.54. The quantitative estimate of drug-likeness (QED) is 0.538. The van der Waals surface area contributed by atoms with Gasteiger partial charge in [0, 0.05) is 17.0 Å². The number of aryl methyl sites for hydroxylation is 1. The van der Waals surface area contributed by atoms with Crippen molar-refractivity contribution in [2.75, 3.05) is 12.4 Å². The average molecular weight is 370 g/mol. The topological polar surface area (TPSA) is 90.2 Å². The van der Waals surface area contributed by atoms with Gasteiger partial charge in [0.1, 0.15) is 22.7 Å². The molecule has 134 valence electrons. The van der Waals surface area contributed by atoms with Gasteiger partial charge in [-0.25, -0.2) is 9.97 Å². The average Bonchev–Trinajstić information content (AvgIpc) is 3.00. The van der Waals surface area contributed by atoms with Gasteiger partial charge in [-0.2, -0.15) is 0 Å². The van der Waals surface area contributed by atoms with Gasteiger partial charge in [-0.3, -0.25) is 10.1 Å². The number of hydrogen-bond donors (Lipinski definition) is 1. The molecule has 1 N–H and O–H groups in total. The third kappa shape index (κ3) is 2.86. The molecule has 1 unspecified atom stereocenters. The van der Waals surface area contributed by atoms with Gasteiger partial charge in [-0.1, -0.05) is 6.92 Å². The van der Waals surface area contributed by atoms with Crippen LogP contribution >= 0.6 is 11.3 Å². The van der Waals surface area contributed by atoms with E-state index >= 15 is 0 Å². The first-order chi connectivity index (χ1) is 12.6. The lowest BCUT2D eigenvalue weighted by Crippen LogP contribution is -2.09. The molecule has 0 bridgehead atoms. The molecule has 0 spiro atoms. The fourth-order valence-corrected chi connectivity index (χ4v) is 4.60. The molecule has 4 rings (SSSR count). The molecular formula is C18H18N4O3S. The monoisotopic (exact) mass is 370 g/mol. The second-order valence-corrected chi connectivity index (χ2v) is 7.60. The lowest BCUT2D eigenvalue weighted by atomic mass is 9.88. The van der Waals surface area contributed by atoms with Gasteiger partial charge >= 0.3 is 0 Å². The van der Waals surface area contributed by atoms with Crippen molar-refractivity contribution < 1.29 is 9.66 Å². The Morgan fingerprint density at radius 3 is 3.00 bits per heavy atom. The van der Waals surface area contributed by atoms with E-state index in [9.17, 15) is 10.1 Å². The number of hydrogen-bond acceptors (Lipinski definition) is 7. The summed E-state index contributed by atoms with van der Waals surface area (Å²) in [5.74, 6) is 1.82. The Bertz CT molecular complexity index is 1000. The number of methoxy groups -OCH3 is 1. The van der Waals surface area contributed by atoms with Crippen molar-refractivity contribution in [3.8, 4) is 5.75 Å². The zero-order valence-electron chi connectivity index (χ0n) is 14.5. The summed E-state index contributed by atoms with van der Waals surface area (Å²) in [4.78, 5) is 21.9. The summed E-state index contributed by atoms with van der Waals surface area (Å²) in [5.41, 5.74) is 1.82. The van der Waals surface area contributed by atoms with Crippen molar-refractivity contribution >= 4 is 38.7 Å². The highest BCUT2D eigenvalue weighted by molar-refractivity contribution is 7.19. The van der Waals surface area contributed by atoms with Crippen LogP contribution in [0.3, 0.4) is 0 Å². The lowest BCUT2D eigenvalue weighted by Gasteiger charge is -2.18. The van der Waals surface area contributed by atoms with Gasteiger partial charge in [0.25, 0.3) is 5.69 Å². The Kier molecular flexibility index (Phi) is 4.20. The van der Waals surface area contributed by atoms with Crippen LogP contribution in [-0.4, -0.2) is 22.0 Å². The van der Waals surface area contributed by atoms with Crippen LogP contribution in [0.5, 0.6) is 5.75 Å². The molecule has 1 aliphatic carbocycles. The summed E-state index contributed by atoms with van der Waals surface area (Å²) in [5, 5.41) is 15.4. The number of nitrogens with one attached hydrogen (secondary N) is 1. The van der Waals surface area contributed by atoms with E-state index in [1.807, 2.05) is 0 Å². The molecule has 2 aromatic heterocycles. The van der Waals surface area contributed by atoms with Crippen LogP contribution in [0.1, 0.15) is 23.8 Å². The van der Waals surface area contributed by atoms with Crippen LogP contribution in [0.2, 0.25) is 0 Å². The van der Waals surface area contributed by atoms with E-state index in [1.165, 1.54) is 42.4 Å². The Morgan fingerprint density at radius 1 is 1.38 bits per heavy atom. The molecule has 0 saturated carbocycles. The number of nitro benzene ring substituents is 1. The molecular weight excluding hydrogens is 352 g/mol. The van der Waals surface area contributed by atoms with Gasteiger partial charge in [-0.15, -0.1) is 11.3 Å². The summed E-state index contributed by atoms with van der Waals surface area (Å²) in [6.45, 7) is 2.26. The number of nitrogens with zero attached hydrogens (tertiary/aromatic N) is 3. The zero-order valence-corrected chi connectivity index (χ0v) is 15.3. The highest BCUT2D eigenvalue weighted by atomic mass is 32.1. The highest BCUT2D eigenvalue weighted by Gasteiger charge is 2.24. The second kappa shape index (κ2) is 6.53. The van der Waals surface area contributed by atoms with Crippen LogP contribution in [0.15, 0.2) is 24.5 Å². The van der Waals surface area contributed by atoms with Gasteiger partial charge < -0.3 is 10.1 Å². The van der Waals surface area contributed by atoms with E-state index in [0.29, 0.717) is 23.2 Å². The minimum Gasteiger partial charge on any atom is -0.495 e. The minimum atomic E-state index is -0.422. The summed E-state index contributed by atoms with van der Waals surface area (Å²) >= 11 is 1.71. The first kappa shape index (κ1) is 16.7. The first-order valence-corrected chi connectivity index (χ1v) is 9.23. The van der Waals surface area contributed by atoms with Crippen molar-refractivity contribution in [2.45, 2.75) is 26.2 Å². The van der Waals surface area contributed by atoms with Gasteiger partial charge in [0.05, 0.1) is 23.1 Å². The predicted molar refractivity (Wildman–Crippen MR) is 102 cm³/mol. The lowest BCUT2D eigenvalue weighted by molar-refractivity contribution is -0.384. The Morgan fingerprint density at radius 2 is 2.23 bits per heavy atom. The smallest absolute Gasteiger partial charge is 0.271 e. The molecule has 2 heterocycles. The van der Waals surface area contributed by atoms with Gasteiger partial charge in [0.2, 0.25) is 0 Å². The van der Waals surface area contributed by atoms with E-state index in [-0.39, 0.29) is 5.69 Å². The SMILES string of the molecule is COc1ccc([N+](=O)[O-])cc1Nc1ncnc2sc3c(c12)CC(C)CC3. The largest absolute Gasteiger partial charge is 0.495 e. The maximum Gasteiger partial charge on any atom is 0.271 e. The number of aromatic nitrogens is 2. The Hall–Kier alpha value is -2.74. The third-order valence-electron chi connectivity index (χ3n) is 4.73. The standard InChI is InChI=1S/C18H18N4O3S/c1-10-3-6-15-12(7-10)16-17(19-9-20-18(16)26-15)21-13-8-11(22(23)24)4-5-14(13)25-2/h4-5,8-10H,3,6-7H2,1-2H3,(H,19,20,21). The van der Waals surface area contributed by atoms with E-state index in [4.69, 9.17) is 4.74 Å². The first-order valence-electron chi connectivity index (χ1n) is 8.41. The number of non-ortho nitro benzene ring substituents is 1. The van der Waals surface area contributed by atoms with Crippen LogP contribution in [0.25, 0.3) is 10.2 Å². The molecule has 0 saturated heterocycles. The summed E-state index contributed by atoms with van der Waals surface area (Å²) in [6.07, 6.45) is 4.79. The maximum absolute atomic E-state index is 11.1. The normalized spacial score (nSPS) is 16.3. The van der Waals surface area contributed by atoms with Crippen molar-refractivity contribution in [2.24, 2.45) is 5.92 Å². The highest BCUT2D eigenvalue weighted by Crippen LogP contribution is 2.41. The molecule has 26 heavy (non-hydrogen) atoms. The van der Waals surface area contributed by atoms with Crippen LogP contribution in [0.4, 0.5) is 17.2 Å². The van der Waals surface area contributed by atoms with Crippen molar-refractivity contribution in [3.63, 3.8) is 0 Å². The van der Waals surface area contributed by atoms with E-state index in [2.05, 4.69) is 22.2 Å². The number of benzene rings is 1. The summed E-state index contributed by atoms with van der Waals surface area (Å²) < 4.78 is 5.35. The molecule has 8 heteroatoms. The molecule has 0 radical (unpaired) electrons. The molecule has 1 aromatic carbocycles. The van der Waals surface area contributed by atoms with Crippen molar-refractivity contribution in [3.05, 3.63) is 45.1 Å². The molecule has 7 nitrogen and oxygen atoms in total. The number of nitro groups is 1. The molecule has 1 atom stereocenters. The fourth-order valence-electron chi connectivity index (χ4n) is 3.41. The summed E-state index contributed by atoms with van der Waals surface area (Å²) in [6, 6.07) is 4.48. The zero-order chi connectivity index (χ0) is 18.3. The molecule has 3 aromatic rings. The molecule has 0 amide bonds. The van der Waals surface area contributed by atoms with E-state index in [1.54, 1.807) is 17.4 Å². The molecule has 0 aliphatic heterocycles. The number of ether oxygens (including phenoxy) is 1. The molecule has 0 fully saturated rings. The van der Waals surface area contributed by atoms with E-state index < -0.39 is 4.92 Å². The Labute approximate surface area is 154 Å². The minimum absolute atomic E-state index is 0.000398. The Balaban J connectivity index is 1.82. The van der Waals surface area contributed by atoms with Crippen LogP contribution < -0.4 is 10.1 Å². The number of anilines is 2. The maximum atomic E-state index is 11.1. The number of fused-ring (bicyclic) bond motifs is 3. The second-order valence-electron chi connectivity index (χ2n) is 6.52. The van der Waals surface area contributed by atoms with Crippen LogP contribution in [0, 0.1) is 16.0 Å². The molecule has 1 aliphatic rings. The van der Waals surface area contributed by atoms with Gasteiger partial charge in [0.15, 0.2) is 0 Å². The van der Waals surface area contributed by atoms with Crippen molar-refractivity contribution in [1.82, 2.24) is 9.97 Å². The third-order valence-corrected chi connectivity index (χ3v) is 5.93. The van der Waals surface area contributed by atoms with Crippen LogP contribution in [-0.2, 0) is 12.8 Å². The van der Waals surface area contributed by atoms with Crippen molar-refractivity contribution in [1.29, 1.82) is 0 Å². The fraction of sp³-hybridized carbons (Fsp3) is 0.333. The van der Waals surface area contributed by atoms with Gasteiger partial charge in [-0.05, 0) is 36.8 Å². The predicted octanol–water partition coefficient (Wildman–Crippen LogP) is 4.48.